The van der Waals surface area contributed by atoms with E-state index in [9.17, 15) is 24.3 Å². The lowest BCUT2D eigenvalue weighted by atomic mass is 9.91. The van der Waals surface area contributed by atoms with Crippen LogP contribution in [0.3, 0.4) is 0 Å². The number of aromatic hydroxyl groups is 1. The van der Waals surface area contributed by atoms with Crippen molar-refractivity contribution in [1.29, 1.82) is 0 Å². The quantitative estimate of drug-likeness (QED) is 0.364. The number of carbonyl (C=O) groups excluding carboxylic acids is 4. The number of carbonyl (C=O) groups is 4. The van der Waals surface area contributed by atoms with E-state index in [0.29, 0.717) is 12.0 Å². The Hall–Kier alpha value is -3.30. The molecule has 0 aliphatic rings. The fourth-order valence-electron chi connectivity index (χ4n) is 3.84. The highest BCUT2D eigenvalue weighted by Crippen LogP contribution is 2.32. The Morgan fingerprint density at radius 2 is 1.68 bits per heavy atom. The summed E-state index contributed by atoms with van der Waals surface area (Å²) in [5.74, 6) is -1.83. The highest BCUT2D eigenvalue weighted by Gasteiger charge is 2.43. The number of ether oxygens (including phenoxy) is 2. The highest BCUT2D eigenvalue weighted by molar-refractivity contribution is 5.93. The summed E-state index contributed by atoms with van der Waals surface area (Å²) in [4.78, 5) is 53.7. The maximum absolute atomic E-state index is 14.2. The van der Waals surface area contributed by atoms with Crippen LogP contribution < -0.4 is 10.6 Å². The number of hydrogen-bond acceptors (Lipinski definition) is 7. The number of phenolic OH excluding ortho intramolecular Hbond substituents is 1. The average Bonchev–Trinajstić information content (AvgIpc) is 2.78. The van der Waals surface area contributed by atoms with Gasteiger partial charge in [-0.3, -0.25) is 14.4 Å². The monoisotopic (exact) mass is 535 g/mol. The number of amides is 3. The van der Waals surface area contributed by atoms with Crippen molar-refractivity contribution in [2.75, 3.05) is 13.2 Å². The Labute approximate surface area is 226 Å². The average molecular weight is 536 g/mol. The molecule has 214 valence electrons. The maximum Gasteiger partial charge on any atom is 0.408 e. The second kappa shape index (κ2) is 14.0. The fourth-order valence-corrected chi connectivity index (χ4v) is 3.84. The molecule has 0 bridgehead atoms. The molecule has 1 aromatic rings. The van der Waals surface area contributed by atoms with Crippen LogP contribution in [0.5, 0.6) is 5.75 Å². The van der Waals surface area contributed by atoms with Gasteiger partial charge in [0.15, 0.2) is 0 Å². The van der Waals surface area contributed by atoms with Gasteiger partial charge in [0, 0.05) is 12.1 Å². The van der Waals surface area contributed by atoms with Crippen molar-refractivity contribution in [2.45, 2.75) is 98.4 Å². The van der Waals surface area contributed by atoms with Gasteiger partial charge in [-0.15, -0.1) is 0 Å². The van der Waals surface area contributed by atoms with E-state index < -0.39 is 47.1 Å². The Balaban J connectivity index is 3.50. The first-order valence-corrected chi connectivity index (χ1v) is 13.1. The molecular formula is C28H45N3O7. The molecule has 10 nitrogen and oxygen atoms in total. The lowest BCUT2D eigenvalue weighted by molar-refractivity contribution is -0.150. The third-order valence-corrected chi connectivity index (χ3v) is 5.74. The van der Waals surface area contributed by atoms with Gasteiger partial charge in [0.1, 0.15) is 23.4 Å². The van der Waals surface area contributed by atoms with E-state index in [2.05, 4.69) is 10.6 Å². The van der Waals surface area contributed by atoms with Crippen molar-refractivity contribution < 1.29 is 33.8 Å². The maximum atomic E-state index is 14.2. The minimum absolute atomic E-state index is 0.00407. The Bertz CT molecular complexity index is 966. The number of nitrogens with zero attached hydrogens (tertiary/aromatic N) is 1. The van der Waals surface area contributed by atoms with Crippen LogP contribution >= 0.6 is 0 Å². The van der Waals surface area contributed by atoms with Crippen LogP contribution in [0.15, 0.2) is 24.3 Å². The molecule has 38 heavy (non-hydrogen) atoms. The van der Waals surface area contributed by atoms with Gasteiger partial charge in [-0.1, -0.05) is 32.4 Å². The summed E-state index contributed by atoms with van der Waals surface area (Å²) in [6.07, 6.45) is -0.198. The first-order chi connectivity index (χ1) is 17.5. The SMILES string of the molecule is CCOC(=O)CCNC(=O)C(c1cccc(O)c1)N(C(=O)C(NC(=O)OC(C)(C)C)C(C)CC)C(C)(C)C. The van der Waals surface area contributed by atoms with Crippen LogP contribution in [0, 0.1) is 5.92 Å². The number of nitrogens with one attached hydrogen (secondary N) is 2. The third kappa shape index (κ3) is 10.2. The predicted molar refractivity (Wildman–Crippen MR) is 144 cm³/mol. The van der Waals surface area contributed by atoms with Crippen molar-refractivity contribution in [1.82, 2.24) is 15.5 Å². The number of hydrogen-bond donors (Lipinski definition) is 3. The lowest BCUT2D eigenvalue weighted by Gasteiger charge is -2.43. The number of rotatable bonds is 11. The minimum atomic E-state index is -1.16. The first kappa shape index (κ1) is 32.7. The second-order valence-corrected chi connectivity index (χ2v) is 11.2. The van der Waals surface area contributed by atoms with Gasteiger partial charge in [-0.05, 0) is 72.1 Å². The molecule has 0 fully saturated rings. The van der Waals surface area contributed by atoms with E-state index in [0.717, 1.165) is 0 Å². The fraction of sp³-hybridized carbons (Fsp3) is 0.643. The van der Waals surface area contributed by atoms with Gasteiger partial charge in [0.05, 0.1) is 13.0 Å². The van der Waals surface area contributed by atoms with Gasteiger partial charge in [0.2, 0.25) is 11.8 Å². The molecule has 0 aromatic heterocycles. The minimum Gasteiger partial charge on any atom is -0.508 e. The summed E-state index contributed by atoms with van der Waals surface area (Å²) in [6.45, 7) is 16.2. The molecule has 0 saturated heterocycles. The van der Waals surface area contributed by atoms with Crippen molar-refractivity contribution >= 4 is 23.9 Å². The van der Waals surface area contributed by atoms with E-state index >= 15 is 0 Å². The molecule has 3 unspecified atom stereocenters. The summed E-state index contributed by atoms with van der Waals surface area (Å²) in [5, 5.41) is 15.6. The Morgan fingerprint density at radius 1 is 1.05 bits per heavy atom. The van der Waals surface area contributed by atoms with Crippen molar-refractivity contribution in [3.63, 3.8) is 0 Å². The summed E-state index contributed by atoms with van der Waals surface area (Å²) in [5.41, 5.74) is -1.27. The number of benzene rings is 1. The number of alkyl carbamates (subject to hydrolysis) is 1. The Kier molecular flexibility index (Phi) is 12.1. The molecule has 1 aromatic carbocycles. The van der Waals surface area contributed by atoms with Crippen molar-refractivity contribution in [2.24, 2.45) is 5.92 Å². The standard InChI is InChI=1S/C28H45N3O7/c1-10-18(3)22(30-26(36)38-28(7,8)9)25(35)31(27(4,5)6)23(19-13-12-14-20(32)17-19)24(34)29-16-15-21(33)37-11-2/h12-14,17-18,22-23,32H,10-11,15-16H2,1-9H3,(H,29,34)(H,30,36). The smallest absolute Gasteiger partial charge is 0.408 e. The number of esters is 1. The first-order valence-electron chi connectivity index (χ1n) is 13.1. The van der Waals surface area contributed by atoms with Crippen molar-refractivity contribution in [3.8, 4) is 5.75 Å². The van der Waals surface area contributed by atoms with Gasteiger partial charge in [-0.2, -0.15) is 0 Å². The van der Waals surface area contributed by atoms with Gasteiger partial charge >= 0.3 is 12.1 Å². The molecule has 3 atom stereocenters. The molecule has 0 heterocycles. The van der Waals surface area contributed by atoms with Crippen molar-refractivity contribution in [3.05, 3.63) is 29.8 Å². The third-order valence-electron chi connectivity index (χ3n) is 5.74. The largest absolute Gasteiger partial charge is 0.508 e. The molecule has 1 rings (SSSR count). The zero-order valence-electron chi connectivity index (χ0n) is 24.2. The predicted octanol–water partition coefficient (Wildman–Crippen LogP) is 4.07. The molecule has 3 N–H and O–H groups in total. The normalized spacial score (nSPS) is 14.0. The molecule has 3 amide bonds. The lowest BCUT2D eigenvalue weighted by Crippen LogP contribution is -2.60. The van der Waals surface area contributed by atoms with E-state index in [-0.39, 0.29) is 31.2 Å². The molecule has 0 aliphatic heterocycles. The molecular weight excluding hydrogens is 490 g/mol. The summed E-state index contributed by atoms with van der Waals surface area (Å²) < 4.78 is 10.3. The van der Waals surface area contributed by atoms with Crippen LogP contribution in [-0.2, 0) is 23.9 Å². The molecule has 0 radical (unpaired) electrons. The van der Waals surface area contributed by atoms with E-state index in [1.165, 1.54) is 17.0 Å². The Morgan fingerprint density at radius 3 is 2.18 bits per heavy atom. The second-order valence-electron chi connectivity index (χ2n) is 11.2. The van der Waals surface area contributed by atoms with Crippen LogP contribution in [0.4, 0.5) is 4.79 Å². The molecule has 0 spiro atoms. The molecule has 0 aliphatic carbocycles. The summed E-state index contributed by atoms with van der Waals surface area (Å²) >= 11 is 0. The topological polar surface area (TPSA) is 134 Å². The van der Waals surface area contributed by atoms with E-state index in [1.807, 2.05) is 13.8 Å². The highest BCUT2D eigenvalue weighted by atomic mass is 16.6. The van der Waals surface area contributed by atoms with Gasteiger partial charge in [0.25, 0.3) is 0 Å². The van der Waals surface area contributed by atoms with Crippen LogP contribution in [0.25, 0.3) is 0 Å². The molecule has 10 heteroatoms. The number of phenols is 1. The zero-order chi connectivity index (χ0) is 29.3. The van der Waals surface area contributed by atoms with E-state index in [1.54, 1.807) is 60.6 Å². The van der Waals surface area contributed by atoms with E-state index in [4.69, 9.17) is 9.47 Å². The molecule has 0 saturated carbocycles. The van der Waals surface area contributed by atoms with Crippen LogP contribution in [0.2, 0.25) is 0 Å². The van der Waals surface area contributed by atoms with Crippen LogP contribution in [0.1, 0.15) is 86.8 Å². The van der Waals surface area contributed by atoms with Gasteiger partial charge in [-0.25, -0.2) is 4.79 Å². The summed E-state index contributed by atoms with van der Waals surface area (Å²) in [6, 6.07) is 3.96. The zero-order valence-corrected chi connectivity index (χ0v) is 24.2. The summed E-state index contributed by atoms with van der Waals surface area (Å²) in [7, 11) is 0. The van der Waals surface area contributed by atoms with Gasteiger partial charge < -0.3 is 30.1 Å². The van der Waals surface area contributed by atoms with Crippen LogP contribution in [-0.4, -0.2) is 64.2 Å².